The van der Waals surface area contributed by atoms with Crippen LogP contribution in [0.3, 0.4) is 0 Å². The van der Waals surface area contributed by atoms with Crippen molar-refractivity contribution in [2.45, 2.75) is 31.8 Å². The molecule has 1 saturated heterocycles. The minimum atomic E-state index is -0.164. The molecule has 1 aliphatic rings. The maximum Gasteiger partial charge on any atom is 0.123 e. The molecular weight excluding hydrogens is 283 g/mol. The molecule has 0 radical (unpaired) electrons. The van der Waals surface area contributed by atoms with Crippen LogP contribution < -0.4 is 0 Å². The minimum Gasteiger partial charge on any atom is -0.378 e. The molecule has 0 saturated carbocycles. The Morgan fingerprint density at radius 2 is 2.12 bits per heavy atom. The average Bonchev–Trinajstić information content (AvgIpc) is 2.84. The van der Waals surface area contributed by atoms with Gasteiger partial charge in [-0.15, -0.1) is 0 Å². The molecule has 0 aliphatic carbocycles. The second-order valence-corrected chi connectivity index (χ2v) is 5.37. The minimum absolute atomic E-state index is 0.164. The van der Waals surface area contributed by atoms with Gasteiger partial charge in [-0.3, -0.25) is 0 Å². The fourth-order valence-electron chi connectivity index (χ4n) is 2.36. The van der Waals surface area contributed by atoms with Gasteiger partial charge in [0.2, 0.25) is 0 Å². The van der Waals surface area contributed by atoms with Gasteiger partial charge in [-0.25, -0.2) is 4.39 Å². The number of alkyl halides is 1. The Bertz CT molecular complexity index is 333. The van der Waals surface area contributed by atoms with E-state index in [1.807, 2.05) is 12.1 Å². The monoisotopic (exact) mass is 300 g/mol. The summed E-state index contributed by atoms with van der Waals surface area (Å²) < 4.78 is 18.5. The predicted molar refractivity (Wildman–Crippen MR) is 71.0 cm³/mol. The third-order valence-electron chi connectivity index (χ3n) is 3.28. The number of benzene rings is 1. The Kier molecular flexibility index (Phi) is 4.99. The van der Waals surface area contributed by atoms with Crippen LogP contribution in [0.5, 0.6) is 0 Å². The van der Waals surface area contributed by atoms with Crippen LogP contribution in [0.1, 0.15) is 24.8 Å². The molecule has 1 aromatic carbocycles. The smallest absolute Gasteiger partial charge is 0.123 e. The van der Waals surface area contributed by atoms with Gasteiger partial charge in [-0.2, -0.15) is 0 Å². The van der Waals surface area contributed by atoms with Crippen molar-refractivity contribution >= 4 is 15.9 Å². The summed E-state index contributed by atoms with van der Waals surface area (Å²) in [6.07, 6.45) is 4.90. The summed E-state index contributed by atoms with van der Waals surface area (Å²) in [7, 11) is 0. The van der Waals surface area contributed by atoms with E-state index in [0.29, 0.717) is 12.0 Å². The van der Waals surface area contributed by atoms with E-state index in [9.17, 15) is 4.39 Å². The fourth-order valence-corrected chi connectivity index (χ4v) is 2.85. The second-order valence-electron chi connectivity index (χ2n) is 4.72. The van der Waals surface area contributed by atoms with Crippen molar-refractivity contribution in [1.82, 2.24) is 0 Å². The molecule has 0 N–H and O–H groups in total. The first kappa shape index (κ1) is 13.0. The van der Waals surface area contributed by atoms with E-state index < -0.39 is 0 Å². The van der Waals surface area contributed by atoms with E-state index in [2.05, 4.69) is 15.9 Å². The molecule has 0 spiro atoms. The molecular formula is C14H18BrFO. The summed E-state index contributed by atoms with van der Waals surface area (Å²) in [4.78, 5) is 0. The Morgan fingerprint density at radius 1 is 1.35 bits per heavy atom. The van der Waals surface area contributed by atoms with Crippen LogP contribution in [-0.4, -0.2) is 18.0 Å². The summed E-state index contributed by atoms with van der Waals surface area (Å²) in [6, 6.07) is 6.82. The lowest BCUT2D eigenvalue weighted by atomic mass is 9.94. The van der Waals surface area contributed by atoms with Crippen molar-refractivity contribution in [3.05, 3.63) is 35.6 Å². The van der Waals surface area contributed by atoms with E-state index in [1.165, 1.54) is 30.5 Å². The van der Waals surface area contributed by atoms with E-state index in [-0.39, 0.29) is 5.82 Å². The van der Waals surface area contributed by atoms with Crippen molar-refractivity contribution in [3.8, 4) is 0 Å². The molecule has 1 heterocycles. The molecule has 1 aromatic rings. The summed E-state index contributed by atoms with van der Waals surface area (Å²) in [5.41, 5.74) is 1.20. The van der Waals surface area contributed by atoms with E-state index in [1.54, 1.807) is 0 Å². The number of rotatable bonds is 5. The van der Waals surface area contributed by atoms with Gasteiger partial charge in [0, 0.05) is 11.9 Å². The van der Waals surface area contributed by atoms with E-state index in [4.69, 9.17) is 4.74 Å². The van der Waals surface area contributed by atoms with E-state index in [0.717, 1.165) is 24.8 Å². The summed E-state index contributed by atoms with van der Waals surface area (Å²) in [5, 5.41) is 0.976. The van der Waals surface area contributed by atoms with Crippen LogP contribution in [0.2, 0.25) is 0 Å². The molecule has 0 amide bonds. The van der Waals surface area contributed by atoms with E-state index >= 15 is 0 Å². The Hall–Kier alpha value is -0.410. The zero-order valence-electron chi connectivity index (χ0n) is 9.87. The van der Waals surface area contributed by atoms with Gasteiger partial charge >= 0.3 is 0 Å². The molecule has 1 aliphatic heterocycles. The molecule has 2 atom stereocenters. The maximum atomic E-state index is 12.8. The van der Waals surface area contributed by atoms with Gasteiger partial charge in [-0.1, -0.05) is 28.1 Å². The van der Waals surface area contributed by atoms with Crippen LogP contribution in [-0.2, 0) is 11.2 Å². The number of halogens is 2. The molecule has 1 nitrogen and oxygen atoms in total. The number of ether oxygens (including phenoxy) is 1. The summed E-state index contributed by atoms with van der Waals surface area (Å²) >= 11 is 3.57. The topological polar surface area (TPSA) is 9.23 Å². The lowest BCUT2D eigenvalue weighted by molar-refractivity contribution is 0.0925. The van der Waals surface area contributed by atoms with Gasteiger partial charge in [0.15, 0.2) is 0 Å². The van der Waals surface area contributed by atoms with Crippen LogP contribution in [0.15, 0.2) is 24.3 Å². The standard InChI is InChI=1S/C14H18BrFO/c15-10-12(9-14-2-1-7-17-14)8-11-3-5-13(16)6-4-11/h3-6,12,14H,1-2,7-10H2. The first-order valence-electron chi connectivity index (χ1n) is 6.20. The lowest BCUT2D eigenvalue weighted by Crippen LogP contribution is -2.16. The molecule has 3 heteroatoms. The third-order valence-corrected chi connectivity index (χ3v) is 4.19. The fraction of sp³-hybridized carbons (Fsp3) is 0.571. The molecule has 17 heavy (non-hydrogen) atoms. The lowest BCUT2D eigenvalue weighted by Gasteiger charge is -2.18. The molecule has 2 rings (SSSR count). The van der Waals surface area contributed by atoms with Crippen LogP contribution in [0.4, 0.5) is 4.39 Å². The summed E-state index contributed by atoms with van der Waals surface area (Å²) in [5.74, 6) is 0.409. The van der Waals surface area contributed by atoms with Crippen molar-refractivity contribution in [1.29, 1.82) is 0 Å². The van der Waals surface area contributed by atoms with Gasteiger partial charge in [0.1, 0.15) is 5.82 Å². The maximum absolute atomic E-state index is 12.8. The molecule has 0 bridgehead atoms. The third kappa shape index (κ3) is 4.07. The largest absolute Gasteiger partial charge is 0.378 e. The highest BCUT2D eigenvalue weighted by Crippen LogP contribution is 2.23. The highest BCUT2D eigenvalue weighted by Gasteiger charge is 2.20. The first-order chi connectivity index (χ1) is 8.28. The highest BCUT2D eigenvalue weighted by atomic mass is 79.9. The van der Waals surface area contributed by atoms with Crippen LogP contribution >= 0.6 is 15.9 Å². The van der Waals surface area contributed by atoms with Gasteiger partial charge in [-0.05, 0) is 49.3 Å². The summed E-state index contributed by atoms with van der Waals surface area (Å²) in [6.45, 7) is 0.913. The zero-order valence-corrected chi connectivity index (χ0v) is 11.5. The van der Waals surface area contributed by atoms with Gasteiger partial charge in [0.25, 0.3) is 0 Å². The van der Waals surface area contributed by atoms with Gasteiger partial charge in [0.05, 0.1) is 6.10 Å². The predicted octanol–water partition coefficient (Wildman–Crippen LogP) is 3.95. The van der Waals surface area contributed by atoms with Crippen molar-refractivity contribution in [3.63, 3.8) is 0 Å². The molecule has 1 fully saturated rings. The van der Waals surface area contributed by atoms with Crippen LogP contribution in [0.25, 0.3) is 0 Å². The van der Waals surface area contributed by atoms with Crippen molar-refractivity contribution < 1.29 is 9.13 Å². The number of hydrogen-bond donors (Lipinski definition) is 0. The SMILES string of the molecule is Fc1ccc(CC(CBr)CC2CCCO2)cc1. The highest BCUT2D eigenvalue weighted by molar-refractivity contribution is 9.09. The molecule has 2 unspecified atom stereocenters. The Labute approximate surface area is 110 Å². The average molecular weight is 301 g/mol. The first-order valence-corrected chi connectivity index (χ1v) is 7.32. The van der Waals surface area contributed by atoms with Gasteiger partial charge < -0.3 is 4.74 Å². The Morgan fingerprint density at radius 3 is 2.71 bits per heavy atom. The molecule has 0 aromatic heterocycles. The van der Waals surface area contributed by atoms with Crippen molar-refractivity contribution in [2.24, 2.45) is 5.92 Å². The molecule has 94 valence electrons. The zero-order chi connectivity index (χ0) is 12.1. The van der Waals surface area contributed by atoms with Crippen molar-refractivity contribution in [2.75, 3.05) is 11.9 Å². The quantitative estimate of drug-likeness (QED) is 0.748. The Balaban J connectivity index is 1.87. The second kappa shape index (κ2) is 6.50. The number of hydrogen-bond acceptors (Lipinski definition) is 1. The normalized spacial score (nSPS) is 21.6. The van der Waals surface area contributed by atoms with Crippen LogP contribution in [0, 0.1) is 11.7 Å².